The molecule has 6 heteroatoms. The Morgan fingerprint density at radius 3 is 3.00 bits per heavy atom. The summed E-state index contributed by atoms with van der Waals surface area (Å²) in [5.74, 6) is -0.286. The Labute approximate surface area is 116 Å². The Kier molecular flexibility index (Phi) is 4.39. The molecule has 1 aliphatic heterocycles. The summed E-state index contributed by atoms with van der Waals surface area (Å²) >= 11 is 5.92. The molecule has 1 aromatic carbocycles. The number of nitrogens with one attached hydrogen (secondary N) is 3. The monoisotopic (exact) mass is 281 g/mol. The van der Waals surface area contributed by atoms with Gasteiger partial charge in [-0.25, -0.2) is 0 Å². The maximum absolute atomic E-state index is 11.8. The molecular formula is C13H16ClN3O2. The van der Waals surface area contributed by atoms with Crippen LogP contribution in [-0.2, 0) is 9.59 Å². The minimum Gasteiger partial charge on any atom is -0.355 e. The van der Waals surface area contributed by atoms with Gasteiger partial charge < -0.3 is 10.6 Å². The molecule has 5 nitrogen and oxygen atoms in total. The van der Waals surface area contributed by atoms with Crippen LogP contribution >= 0.6 is 11.6 Å². The van der Waals surface area contributed by atoms with E-state index in [2.05, 4.69) is 16.0 Å². The number of hydrogen-bond acceptors (Lipinski definition) is 3. The third-order valence-electron chi connectivity index (χ3n) is 2.88. The van der Waals surface area contributed by atoms with Crippen molar-refractivity contribution >= 4 is 29.1 Å². The van der Waals surface area contributed by atoms with Crippen LogP contribution in [-0.4, -0.2) is 24.9 Å². The molecule has 1 unspecified atom stereocenters. The van der Waals surface area contributed by atoms with Gasteiger partial charge in [0.25, 0.3) is 0 Å². The van der Waals surface area contributed by atoms with Crippen molar-refractivity contribution in [3.8, 4) is 0 Å². The summed E-state index contributed by atoms with van der Waals surface area (Å²) in [6, 6.07) is 4.68. The van der Waals surface area contributed by atoms with E-state index in [1.165, 1.54) is 0 Å². The number of carbonyl (C=O) groups is 2. The molecule has 0 aliphatic carbocycles. The van der Waals surface area contributed by atoms with Gasteiger partial charge in [0.15, 0.2) is 0 Å². The van der Waals surface area contributed by atoms with E-state index < -0.39 is 6.04 Å². The van der Waals surface area contributed by atoms with Crippen LogP contribution in [0.2, 0.25) is 5.02 Å². The smallest absolute Gasteiger partial charge is 0.246 e. The van der Waals surface area contributed by atoms with E-state index in [0.717, 1.165) is 17.7 Å². The third-order valence-corrected chi connectivity index (χ3v) is 3.12. The van der Waals surface area contributed by atoms with E-state index in [-0.39, 0.29) is 18.4 Å². The lowest BCUT2D eigenvalue weighted by Crippen LogP contribution is -2.38. The fourth-order valence-electron chi connectivity index (χ4n) is 1.96. The maximum atomic E-state index is 11.8. The number of fused-ring (bicyclic) bond motifs is 1. The van der Waals surface area contributed by atoms with E-state index >= 15 is 0 Å². The Bertz CT molecular complexity index is 505. The number of benzene rings is 1. The fraction of sp³-hybridized carbons (Fsp3) is 0.385. The average Bonchev–Trinajstić information content (AvgIpc) is 2.69. The van der Waals surface area contributed by atoms with Gasteiger partial charge in [-0.1, -0.05) is 18.5 Å². The summed E-state index contributed by atoms with van der Waals surface area (Å²) < 4.78 is 0. The van der Waals surface area contributed by atoms with Gasteiger partial charge in [0.05, 0.1) is 6.54 Å². The number of anilines is 1. The molecule has 1 heterocycles. The van der Waals surface area contributed by atoms with Crippen molar-refractivity contribution in [2.24, 2.45) is 0 Å². The number of hydrogen-bond donors (Lipinski definition) is 3. The Balaban J connectivity index is 2.00. The molecule has 102 valence electrons. The molecule has 1 aliphatic rings. The lowest BCUT2D eigenvalue weighted by Gasteiger charge is -2.11. The standard InChI is InChI=1S/C13H16ClN3O2/c1-2-5-15-11(18)7-16-12-9-6-8(14)3-4-10(9)17-13(12)19/h3-4,6,12,16H,2,5,7H2,1H3,(H,15,18)(H,17,19). The van der Waals surface area contributed by atoms with Gasteiger partial charge in [0.2, 0.25) is 11.8 Å². The van der Waals surface area contributed by atoms with Crippen LogP contribution in [0.5, 0.6) is 0 Å². The van der Waals surface area contributed by atoms with Crippen LogP contribution in [0.25, 0.3) is 0 Å². The van der Waals surface area contributed by atoms with Crippen LogP contribution < -0.4 is 16.0 Å². The summed E-state index contributed by atoms with van der Waals surface area (Å²) in [7, 11) is 0. The summed E-state index contributed by atoms with van der Waals surface area (Å²) in [5, 5.41) is 9.00. The van der Waals surface area contributed by atoms with Crippen molar-refractivity contribution in [3.05, 3.63) is 28.8 Å². The van der Waals surface area contributed by atoms with Gasteiger partial charge in [0, 0.05) is 22.8 Å². The average molecular weight is 282 g/mol. The molecule has 2 amide bonds. The second-order valence-electron chi connectivity index (χ2n) is 4.38. The summed E-state index contributed by atoms with van der Waals surface area (Å²) in [6.45, 7) is 2.72. The van der Waals surface area contributed by atoms with Crippen molar-refractivity contribution in [3.63, 3.8) is 0 Å². The largest absolute Gasteiger partial charge is 0.355 e. The molecule has 2 rings (SSSR count). The van der Waals surface area contributed by atoms with Gasteiger partial charge in [-0.2, -0.15) is 0 Å². The number of carbonyl (C=O) groups excluding carboxylic acids is 2. The second-order valence-corrected chi connectivity index (χ2v) is 4.82. The molecular weight excluding hydrogens is 266 g/mol. The van der Waals surface area contributed by atoms with E-state index in [1.807, 2.05) is 6.92 Å². The van der Waals surface area contributed by atoms with Gasteiger partial charge in [-0.15, -0.1) is 0 Å². The molecule has 0 saturated carbocycles. The third kappa shape index (κ3) is 3.24. The first-order valence-electron chi connectivity index (χ1n) is 6.22. The summed E-state index contributed by atoms with van der Waals surface area (Å²) in [5.41, 5.74) is 1.52. The molecule has 1 aromatic rings. The van der Waals surface area contributed by atoms with E-state index in [9.17, 15) is 9.59 Å². The molecule has 0 spiro atoms. The van der Waals surface area contributed by atoms with Crippen molar-refractivity contribution in [2.75, 3.05) is 18.4 Å². The van der Waals surface area contributed by atoms with Crippen LogP contribution in [0.3, 0.4) is 0 Å². The molecule has 19 heavy (non-hydrogen) atoms. The zero-order valence-corrected chi connectivity index (χ0v) is 11.4. The summed E-state index contributed by atoms with van der Waals surface area (Å²) in [4.78, 5) is 23.3. The van der Waals surface area contributed by atoms with E-state index in [0.29, 0.717) is 11.6 Å². The number of rotatable bonds is 5. The Morgan fingerprint density at radius 1 is 1.47 bits per heavy atom. The zero-order chi connectivity index (χ0) is 13.8. The molecule has 0 radical (unpaired) electrons. The van der Waals surface area contributed by atoms with E-state index in [4.69, 9.17) is 11.6 Å². The number of amides is 2. The highest BCUT2D eigenvalue weighted by Crippen LogP contribution is 2.32. The lowest BCUT2D eigenvalue weighted by molar-refractivity contribution is -0.121. The second kappa shape index (κ2) is 6.04. The minimum absolute atomic E-state index is 0.101. The van der Waals surface area contributed by atoms with Crippen molar-refractivity contribution in [1.29, 1.82) is 0 Å². The zero-order valence-electron chi connectivity index (χ0n) is 10.6. The van der Waals surface area contributed by atoms with Crippen LogP contribution in [0.15, 0.2) is 18.2 Å². The number of halogens is 1. The van der Waals surface area contributed by atoms with E-state index in [1.54, 1.807) is 18.2 Å². The normalized spacial score (nSPS) is 16.9. The highest BCUT2D eigenvalue weighted by atomic mass is 35.5. The fourth-order valence-corrected chi connectivity index (χ4v) is 2.14. The molecule has 0 saturated heterocycles. The van der Waals surface area contributed by atoms with Crippen molar-refractivity contribution < 1.29 is 9.59 Å². The lowest BCUT2D eigenvalue weighted by atomic mass is 10.1. The van der Waals surface area contributed by atoms with Crippen LogP contribution in [0, 0.1) is 0 Å². The first-order valence-corrected chi connectivity index (χ1v) is 6.60. The van der Waals surface area contributed by atoms with Gasteiger partial charge in [0.1, 0.15) is 6.04 Å². The predicted molar refractivity (Wildman–Crippen MR) is 74.1 cm³/mol. The van der Waals surface area contributed by atoms with Crippen LogP contribution in [0.4, 0.5) is 5.69 Å². The quantitative estimate of drug-likeness (QED) is 0.765. The first kappa shape index (κ1) is 13.8. The van der Waals surface area contributed by atoms with Crippen molar-refractivity contribution in [1.82, 2.24) is 10.6 Å². The minimum atomic E-state index is -0.527. The highest BCUT2D eigenvalue weighted by molar-refractivity contribution is 6.31. The van der Waals surface area contributed by atoms with Gasteiger partial charge in [-0.3, -0.25) is 14.9 Å². The molecule has 0 bridgehead atoms. The summed E-state index contributed by atoms with van der Waals surface area (Å²) in [6.07, 6.45) is 0.883. The van der Waals surface area contributed by atoms with Crippen LogP contribution in [0.1, 0.15) is 24.9 Å². The van der Waals surface area contributed by atoms with Crippen molar-refractivity contribution in [2.45, 2.75) is 19.4 Å². The van der Waals surface area contributed by atoms with Gasteiger partial charge >= 0.3 is 0 Å². The maximum Gasteiger partial charge on any atom is 0.246 e. The molecule has 0 fully saturated rings. The Morgan fingerprint density at radius 2 is 2.26 bits per heavy atom. The molecule has 3 N–H and O–H groups in total. The SMILES string of the molecule is CCCNC(=O)CNC1C(=O)Nc2ccc(Cl)cc21. The topological polar surface area (TPSA) is 70.2 Å². The first-order chi connectivity index (χ1) is 9.11. The predicted octanol–water partition coefficient (Wildman–Crippen LogP) is 1.45. The Hall–Kier alpha value is -1.59. The highest BCUT2D eigenvalue weighted by Gasteiger charge is 2.30. The molecule has 0 aromatic heterocycles. The van der Waals surface area contributed by atoms with Gasteiger partial charge in [-0.05, 0) is 24.6 Å². The molecule has 1 atom stereocenters.